The highest BCUT2D eigenvalue weighted by atomic mass is 16.5. The van der Waals surface area contributed by atoms with Crippen LogP contribution in [-0.4, -0.2) is 36.6 Å². The largest absolute Gasteiger partial charge is 0.497 e. The molecule has 26 heavy (non-hydrogen) atoms. The van der Waals surface area contributed by atoms with Crippen LogP contribution in [0.3, 0.4) is 0 Å². The van der Waals surface area contributed by atoms with Gasteiger partial charge in [-0.2, -0.15) is 5.26 Å². The third-order valence-corrected chi connectivity index (χ3v) is 5.30. The topological polar surface area (TPSA) is 88.5 Å². The van der Waals surface area contributed by atoms with E-state index in [1.165, 1.54) is 0 Å². The number of nitrogens with two attached hydrogens (primary N) is 1. The molecule has 2 rings (SSSR count). The van der Waals surface area contributed by atoms with Crippen LogP contribution < -0.4 is 10.5 Å². The molecule has 1 fully saturated rings. The van der Waals surface area contributed by atoms with Crippen molar-refractivity contribution in [3.63, 3.8) is 0 Å². The van der Waals surface area contributed by atoms with Gasteiger partial charge in [0.2, 0.25) is 0 Å². The maximum atomic E-state index is 10.5. The lowest BCUT2D eigenvalue weighted by Crippen LogP contribution is -2.41. The van der Waals surface area contributed by atoms with E-state index in [4.69, 9.17) is 15.2 Å². The van der Waals surface area contributed by atoms with Crippen molar-refractivity contribution >= 4 is 0 Å². The predicted molar refractivity (Wildman–Crippen MR) is 102 cm³/mol. The Kier molecular flexibility index (Phi) is 7.45. The van der Waals surface area contributed by atoms with E-state index in [0.717, 1.165) is 37.0 Å². The van der Waals surface area contributed by atoms with Crippen molar-refractivity contribution in [2.45, 2.75) is 69.6 Å². The Bertz CT molecular complexity index is 589. The van der Waals surface area contributed by atoms with Crippen molar-refractivity contribution in [2.24, 2.45) is 11.7 Å². The van der Waals surface area contributed by atoms with Crippen molar-refractivity contribution in [1.82, 2.24) is 0 Å². The van der Waals surface area contributed by atoms with Crippen LogP contribution in [0, 0.1) is 17.2 Å². The van der Waals surface area contributed by atoms with Gasteiger partial charge in [-0.1, -0.05) is 25.0 Å². The van der Waals surface area contributed by atoms with Crippen molar-refractivity contribution in [1.29, 1.82) is 5.26 Å². The second kappa shape index (κ2) is 9.36. The molecule has 5 nitrogen and oxygen atoms in total. The van der Waals surface area contributed by atoms with Gasteiger partial charge in [-0.3, -0.25) is 0 Å². The fourth-order valence-electron chi connectivity index (χ4n) is 3.72. The van der Waals surface area contributed by atoms with E-state index in [2.05, 4.69) is 6.07 Å². The second-order valence-electron chi connectivity index (χ2n) is 7.93. The number of rotatable bonds is 8. The number of methoxy groups -OCH3 is 1. The molecule has 0 aliphatic heterocycles. The molecule has 0 spiro atoms. The van der Waals surface area contributed by atoms with Gasteiger partial charge >= 0.3 is 0 Å². The molecule has 144 valence electrons. The van der Waals surface area contributed by atoms with E-state index in [9.17, 15) is 10.4 Å². The Labute approximate surface area is 157 Å². The molecule has 0 aromatic heterocycles. The summed E-state index contributed by atoms with van der Waals surface area (Å²) >= 11 is 0. The number of benzene rings is 1. The van der Waals surface area contributed by atoms with Gasteiger partial charge in [-0.05, 0) is 50.8 Å². The van der Waals surface area contributed by atoms with Gasteiger partial charge in [-0.25, -0.2) is 0 Å². The van der Waals surface area contributed by atoms with Crippen LogP contribution in [-0.2, 0) is 4.74 Å². The van der Waals surface area contributed by atoms with Gasteiger partial charge < -0.3 is 20.3 Å². The molecule has 5 heteroatoms. The van der Waals surface area contributed by atoms with Gasteiger partial charge in [0.25, 0.3) is 0 Å². The van der Waals surface area contributed by atoms with Gasteiger partial charge in [0, 0.05) is 11.5 Å². The minimum atomic E-state index is -0.619. The summed E-state index contributed by atoms with van der Waals surface area (Å²) < 4.78 is 11.1. The standard InChI is InChI=1S/C21H32N2O3/c1-21(2,23)19(15-8-10-18(25-3)11-9-15)12-17(24)14-26-20-7-5-4-6-16(20)13-22/h8-11,16-17,19-20,24H,4-7,12,14,23H2,1-3H3. The summed E-state index contributed by atoms with van der Waals surface area (Å²) in [5.74, 6) is 0.732. The van der Waals surface area contributed by atoms with Crippen LogP contribution in [0.1, 0.15) is 57.4 Å². The van der Waals surface area contributed by atoms with Crippen LogP contribution in [0.15, 0.2) is 24.3 Å². The summed E-state index contributed by atoms with van der Waals surface area (Å²) in [6.07, 6.45) is 3.79. The van der Waals surface area contributed by atoms with E-state index >= 15 is 0 Å². The third kappa shape index (κ3) is 5.70. The molecule has 3 N–H and O–H groups in total. The van der Waals surface area contributed by atoms with Gasteiger partial charge in [0.05, 0.1) is 37.9 Å². The summed E-state index contributed by atoms with van der Waals surface area (Å²) in [6, 6.07) is 10.2. The summed E-state index contributed by atoms with van der Waals surface area (Å²) in [5.41, 5.74) is 6.98. The summed E-state index contributed by atoms with van der Waals surface area (Å²) in [5, 5.41) is 19.8. The van der Waals surface area contributed by atoms with E-state index in [0.29, 0.717) is 6.42 Å². The first-order chi connectivity index (χ1) is 12.3. The summed E-state index contributed by atoms with van der Waals surface area (Å²) in [4.78, 5) is 0. The van der Waals surface area contributed by atoms with E-state index in [1.54, 1.807) is 7.11 Å². The van der Waals surface area contributed by atoms with Crippen molar-refractivity contribution < 1.29 is 14.6 Å². The average Bonchev–Trinajstić information content (AvgIpc) is 2.64. The average molecular weight is 360 g/mol. The molecule has 0 heterocycles. The zero-order valence-electron chi connectivity index (χ0n) is 16.1. The number of hydrogen-bond donors (Lipinski definition) is 2. The predicted octanol–water partition coefficient (Wildman–Crippen LogP) is 3.37. The van der Waals surface area contributed by atoms with Crippen molar-refractivity contribution in [2.75, 3.05) is 13.7 Å². The smallest absolute Gasteiger partial charge is 0.118 e. The molecule has 0 bridgehead atoms. The lowest BCUT2D eigenvalue weighted by molar-refractivity contribution is -0.0433. The van der Waals surface area contributed by atoms with E-state index in [1.807, 2.05) is 38.1 Å². The number of aliphatic hydroxyl groups is 1. The third-order valence-electron chi connectivity index (χ3n) is 5.30. The highest BCUT2D eigenvalue weighted by molar-refractivity contribution is 5.31. The Morgan fingerprint density at radius 2 is 1.92 bits per heavy atom. The maximum Gasteiger partial charge on any atom is 0.118 e. The van der Waals surface area contributed by atoms with Crippen molar-refractivity contribution in [3.05, 3.63) is 29.8 Å². The molecule has 1 aliphatic rings. The highest BCUT2D eigenvalue weighted by Gasteiger charge is 2.31. The van der Waals surface area contributed by atoms with E-state index < -0.39 is 11.6 Å². The van der Waals surface area contributed by atoms with E-state index in [-0.39, 0.29) is 24.5 Å². The fourth-order valence-corrected chi connectivity index (χ4v) is 3.72. The van der Waals surface area contributed by atoms with Gasteiger partial charge in [0.15, 0.2) is 0 Å². The molecule has 4 unspecified atom stereocenters. The summed E-state index contributed by atoms with van der Waals surface area (Å²) in [6.45, 7) is 4.19. The summed E-state index contributed by atoms with van der Waals surface area (Å²) in [7, 11) is 1.64. The number of hydrogen-bond acceptors (Lipinski definition) is 5. The first-order valence-electron chi connectivity index (χ1n) is 9.47. The molecular weight excluding hydrogens is 328 g/mol. The van der Waals surface area contributed by atoms with Crippen LogP contribution in [0.5, 0.6) is 5.75 Å². The molecule has 1 aliphatic carbocycles. The minimum Gasteiger partial charge on any atom is -0.497 e. The number of nitriles is 1. The number of aliphatic hydroxyl groups excluding tert-OH is 1. The molecule has 0 saturated heterocycles. The lowest BCUT2D eigenvalue weighted by atomic mass is 9.79. The minimum absolute atomic E-state index is 0.00914. The Morgan fingerprint density at radius 3 is 2.50 bits per heavy atom. The monoisotopic (exact) mass is 360 g/mol. The second-order valence-corrected chi connectivity index (χ2v) is 7.93. The van der Waals surface area contributed by atoms with Crippen LogP contribution >= 0.6 is 0 Å². The highest BCUT2D eigenvalue weighted by Crippen LogP contribution is 2.32. The molecular formula is C21H32N2O3. The van der Waals surface area contributed by atoms with Gasteiger partial charge in [-0.15, -0.1) is 0 Å². The Morgan fingerprint density at radius 1 is 1.27 bits per heavy atom. The fraction of sp³-hybridized carbons (Fsp3) is 0.667. The first-order valence-corrected chi connectivity index (χ1v) is 9.47. The molecule has 1 saturated carbocycles. The Balaban J connectivity index is 1.97. The zero-order valence-corrected chi connectivity index (χ0v) is 16.1. The SMILES string of the molecule is COc1ccc(C(CC(O)COC2CCCCC2C#N)C(C)(C)N)cc1. The molecule has 0 radical (unpaired) electrons. The Hall–Kier alpha value is -1.61. The molecule has 1 aromatic carbocycles. The maximum absolute atomic E-state index is 10.5. The molecule has 4 atom stereocenters. The van der Waals surface area contributed by atoms with Crippen LogP contribution in [0.4, 0.5) is 0 Å². The number of nitrogens with zero attached hydrogens (tertiary/aromatic N) is 1. The van der Waals surface area contributed by atoms with Crippen molar-refractivity contribution in [3.8, 4) is 11.8 Å². The lowest BCUT2D eigenvalue weighted by Gasteiger charge is -2.33. The molecule has 1 aromatic rings. The first kappa shape index (κ1) is 20.7. The number of ether oxygens (including phenoxy) is 2. The van der Waals surface area contributed by atoms with Crippen LogP contribution in [0.2, 0.25) is 0 Å². The zero-order chi connectivity index (χ0) is 19.2. The van der Waals surface area contributed by atoms with Gasteiger partial charge in [0.1, 0.15) is 5.75 Å². The normalized spacial score (nSPS) is 23.1. The van der Waals surface area contributed by atoms with Crippen LogP contribution in [0.25, 0.3) is 0 Å². The molecule has 0 amide bonds. The quantitative estimate of drug-likeness (QED) is 0.742.